The summed E-state index contributed by atoms with van der Waals surface area (Å²) in [6.45, 7) is 16.5. The van der Waals surface area contributed by atoms with Crippen LogP contribution in [0.15, 0.2) is 22.6 Å². The van der Waals surface area contributed by atoms with Crippen LogP contribution in [0.1, 0.15) is 41.5 Å². The van der Waals surface area contributed by atoms with Crippen LogP contribution in [0.2, 0.25) is 0 Å². The maximum Gasteiger partial charge on any atom is 0.128 e. The molecule has 0 spiro atoms. The first-order chi connectivity index (χ1) is 6.62. The lowest BCUT2D eigenvalue weighted by molar-refractivity contribution is 0.574. The average Bonchev–Trinajstić information content (AvgIpc) is 2.01. The standard InChI is InChI=1S/C13H24N2/c1-9-10(12(2,3)4)15-11(14-8)13(5,6)7/h9H,1H2,2-8H3/b14-11-,15-10+. The van der Waals surface area contributed by atoms with Crippen molar-refractivity contribution in [2.24, 2.45) is 20.8 Å². The van der Waals surface area contributed by atoms with Gasteiger partial charge in [0.15, 0.2) is 0 Å². The molecule has 0 amide bonds. The summed E-state index contributed by atoms with van der Waals surface area (Å²) in [5.74, 6) is 0.868. The van der Waals surface area contributed by atoms with E-state index >= 15 is 0 Å². The van der Waals surface area contributed by atoms with Crippen LogP contribution < -0.4 is 0 Å². The smallest absolute Gasteiger partial charge is 0.128 e. The Morgan fingerprint density at radius 2 is 1.47 bits per heavy atom. The van der Waals surface area contributed by atoms with Gasteiger partial charge < -0.3 is 0 Å². The fourth-order valence-corrected chi connectivity index (χ4v) is 1.19. The summed E-state index contributed by atoms with van der Waals surface area (Å²) in [6, 6.07) is 0. The van der Waals surface area contributed by atoms with Crippen molar-refractivity contribution in [3.63, 3.8) is 0 Å². The third-order valence-corrected chi connectivity index (χ3v) is 2.07. The molecule has 0 atom stereocenters. The van der Waals surface area contributed by atoms with Crippen LogP contribution in [0.4, 0.5) is 0 Å². The van der Waals surface area contributed by atoms with Gasteiger partial charge in [-0.25, -0.2) is 4.99 Å². The van der Waals surface area contributed by atoms with Gasteiger partial charge >= 0.3 is 0 Å². The molecule has 0 aliphatic heterocycles. The summed E-state index contributed by atoms with van der Waals surface area (Å²) in [6.07, 6.45) is 1.82. The highest BCUT2D eigenvalue weighted by Gasteiger charge is 2.22. The lowest BCUT2D eigenvalue weighted by Gasteiger charge is -2.23. The molecule has 0 fully saturated rings. The van der Waals surface area contributed by atoms with Crippen molar-refractivity contribution < 1.29 is 0 Å². The zero-order chi connectivity index (χ0) is 12.3. The Morgan fingerprint density at radius 3 is 1.67 bits per heavy atom. The molecule has 0 aliphatic rings. The molecule has 86 valence electrons. The molecule has 0 unspecified atom stereocenters. The Labute approximate surface area is 94.2 Å². The number of allylic oxidation sites excluding steroid dienone is 1. The predicted octanol–water partition coefficient (Wildman–Crippen LogP) is 3.73. The number of rotatable bonds is 1. The van der Waals surface area contributed by atoms with E-state index in [1.807, 2.05) is 6.08 Å². The normalized spacial score (nSPS) is 15.4. The predicted molar refractivity (Wildman–Crippen MR) is 69.9 cm³/mol. The van der Waals surface area contributed by atoms with E-state index in [4.69, 9.17) is 0 Å². The second kappa shape index (κ2) is 4.73. The van der Waals surface area contributed by atoms with E-state index < -0.39 is 0 Å². The molecule has 0 heterocycles. The number of hydrogen-bond acceptors (Lipinski definition) is 1. The number of amidine groups is 1. The number of hydrogen-bond donors (Lipinski definition) is 0. The molecule has 0 aliphatic carbocycles. The van der Waals surface area contributed by atoms with E-state index in [0.29, 0.717) is 0 Å². The van der Waals surface area contributed by atoms with Gasteiger partial charge in [0.2, 0.25) is 0 Å². The third-order valence-electron chi connectivity index (χ3n) is 2.07. The number of aliphatic imine (C=N–C) groups is 2. The topological polar surface area (TPSA) is 24.7 Å². The maximum absolute atomic E-state index is 4.60. The molecule has 0 aromatic heterocycles. The van der Waals surface area contributed by atoms with E-state index in [1.165, 1.54) is 0 Å². The minimum atomic E-state index is -0.0196. The summed E-state index contributed by atoms with van der Waals surface area (Å²) >= 11 is 0. The first kappa shape index (κ1) is 14.1. The quantitative estimate of drug-likeness (QED) is 0.463. The van der Waals surface area contributed by atoms with Crippen LogP contribution >= 0.6 is 0 Å². The molecule has 0 rings (SSSR count). The molecule has 0 N–H and O–H groups in total. The third kappa shape index (κ3) is 4.41. The minimum Gasteiger partial charge on any atom is -0.273 e. The molecule has 0 aromatic carbocycles. The highest BCUT2D eigenvalue weighted by atomic mass is 14.9. The van der Waals surface area contributed by atoms with Crippen LogP contribution in [0.25, 0.3) is 0 Å². The lowest BCUT2D eigenvalue weighted by atomic mass is 9.89. The molecule has 2 nitrogen and oxygen atoms in total. The van der Waals surface area contributed by atoms with Crippen molar-refractivity contribution in [1.82, 2.24) is 0 Å². The maximum atomic E-state index is 4.60. The minimum absolute atomic E-state index is 0.0168. The second-order valence-electron chi connectivity index (χ2n) is 5.75. The highest BCUT2D eigenvalue weighted by molar-refractivity contribution is 6.07. The molecule has 0 radical (unpaired) electrons. The first-order valence-electron chi connectivity index (χ1n) is 5.31. The van der Waals surface area contributed by atoms with E-state index in [0.717, 1.165) is 11.5 Å². The zero-order valence-corrected chi connectivity index (χ0v) is 11.2. The van der Waals surface area contributed by atoms with Gasteiger partial charge in [-0.05, 0) is 6.08 Å². The molecule has 0 saturated heterocycles. The Bertz CT molecular complexity index is 283. The van der Waals surface area contributed by atoms with E-state index in [9.17, 15) is 0 Å². The molecule has 2 heteroatoms. The van der Waals surface area contributed by atoms with Crippen molar-refractivity contribution in [3.8, 4) is 0 Å². The Balaban J connectivity index is 5.26. The van der Waals surface area contributed by atoms with Crippen LogP contribution in [0.3, 0.4) is 0 Å². The second-order valence-corrected chi connectivity index (χ2v) is 5.75. The van der Waals surface area contributed by atoms with Crippen molar-refractivity contribution in [3.05, 3.63) is 12.7 Å². The van der Waals surface area contributed by atoms with Crippen LogP contribution in [0, 0.1) is 10.8 Å². The van der Waals surface area contributed by atoms with Crippen LogP contribution in [-0.4, -0.2) is 18.6 Å². The Morgan fingerprint density at radius 1 is 1.00 bits per heavy atom. The zero-order valence-electron chi connectivity index (χ0n) is 11.2. The summed E-state index contributed by atoms with van der Waals surface area (Å²) in [7, 11) is 1.79. The van der Waals surface area contributed by atoms with Gasteiger partial charge in [0.05, 0.1) is 0 Å². The average molecular weight is 208 g/mol. The van der Waals surface area contributed by atoms with Gasteiger partial charge in [0, 0.05) is 23.6 Å². The molecule has 0 bridgehead atoms. The van der Waals surface area contributed by atoms with Gasteiger partial charge in [-0.1, -0.05) is 48.1 Å². The monoisotopic (exact) mass is 208 g/mol. The Kier molecular flexibility index (Phi) is 4.44. The fraction of sp³-hybridized carbons (Fsp3) is 0.692. The van der Waals surface area contributed by atoms with Crippen molar-refractivity contribution in [2.75, 3.05) is 7.05 Å². The Hall–Kier alpha value is -0.920. The molecule has 0 saturated carbocycles. The molecule has 0 aromatic rings. The highest BCUT2D eigenvalue weighted by Crippen LogP contribution is 2.22. The van der Waals surface area contributed by atoms with E-state index in [2.05, 4.69) is 58.1 Å². The SMILES string of the molecule is C=C/C(=N\C(=N/C)C(C)(C)C)C(C)(C)C. The van der Waals surface area contributed by atoms with Crippen molar-refractivity contribution >= 4 is 11.5 Å². The van der Waals surface area contributed by atoms with Gasteiger partial charge in [-0.2, -0.15) is 0 Å². The molecule has 15 heavy (non-hydrogen) atoms. The van der Waals surface area contributed by atoms with E-state index in [1.54, 1.807) is 7.05 Å². The summed E-state index contributed by atoms with van der Waals surface area (Å²) in [4.78, 5) is 8.85. The van der Waals surface area contributed by atoms with Crippen LogP contribution in [0.5, 0.6) is 0 Å². The lowest BCUT2D eigenvalue weighted by Crippen LogP contribution is -2.24. The van der Waals surface area contributed by atoms with Crippen molar-refractivity contribution in [2.45, 2.75) is 41.5 Å². The van der Waals surface area contributed by atoms with Crippen LogP contribution in [-0.2, 0) is 0 Å². The molecular weight excluding hydrogens is 184 g/mol. The van der Waals surface area contributed by atoms with Gasteiger partial charge in [-0.15, -0.1) is 0 Å². The molecular formula is C13H24N2. The van der Waals surface area contributed by atoms with Gasteiger partial charge in [-0.3, -0.25) is 4.99 Å². The fourth-order valence-electron chi connectivity index (χ4n) is 1.19. The number of nitrogens with zero attached hydrogens (tertiary/aromatic N) is 2. The van der Waals surface area contributed by atoms with E-state index in [-0.39, 0.29) is 10.8 Å². The summed E-state index contributed by atoms with van der Waals surface area (Å²) < 4.78 is 0. The largest absolute Gasteiger partial charge is 0.273 e. The first-order valence-corrected chi connectivity index (χ1v) is 5.31. The van der Waals surface area contributed by atoms with Gasteiger partial charge in [0.1, 0.15) is 5.84 Å². The van der Waals surface area contributed by atoms with Gasteiger partial charge in [0.25, 0.3) is 0 Å². The summed E-state index contributed by atoms with van der Waals surface area (Å²) in [5, 5.41) is 0. The van der Waals surface area contributed by atoms with Crippen molar-refractivity contribution in [1.29, 1.82) is 0 Å². The summed E-state index contributed by atoms with van der Waals surface area (Å²) in [5.41, 5.74) is 0.982.